The Morgan fingerprint density at radius 1 is 0.889 bits per heavy atom. The topological polar surface area (TPSA) is 17.1 Å². The van der Waals surface area contributed by atoms with Crippen molar-refractivity contribution in [3.8, 4) is 0 Å². The van der Waals surface area contributed by atoms with Gasteiger partial charge in [-0.15, -0.1) is 0 Å². The molecule has 0 fully saturated rings. The molecule has 0 saturated heterocycles. The van der Waals surface area contributed by atoms with E-state index in [1.165, 1.54) is 5.19 Å². The van der Waals surface area contributed by atoms with Gasteiger partial charge in [0.25, 0.3) is 0 Å². The van der Waals surface area contributed by atoms with Gasteiger partial charge < -0.3 is 0 Å². The van der Waals surface area contributed by atoms with E-state index in [0.717, 1.165) is 11.8 Å². The lowest BCUT2D eigenvalue weighted by molar-refractivity contribution is 0.112. The monoisotopic (exact) mass is 262 g/mol. The molecule has 18 heavy (non-hydrogen) atoms. The lowest BCUT2D eigenvalue weighted by Gasteiger charge is -2.44. The number of hydrogen-bond acceptors (Lipinski definition) is 1. The molecule has 1 aromatic rings. The molecule has 0 atom stereocenters. The molecule has 1 aromatic carbocycles. The molecule has 0 aliphatic carbocycles. The van der Waals surface area contributed by atoms with E-state index < -0.39 is 8.07 Å². The fraction of sp³-hybridized carbons (Fsp3) is 0.562. The zero-order valence-electron chi connectivity index (χ0n) is 12.5. The van der Waals surface area contributed by atoms with Gasteiger partial charge >= 0.3 is 0 Å². The van der Waals surface area contributed by atoms with Crippen LogP contribution in [0.15, 0.2) is 24.3 Å². The summed E-state index contributed by atoms with van der Waals surface area (Å²) in [5, 5.41) is 1.35. The van der Waals surface area contributed by atoms with Gasteiger partial charge in [-0.05, 0) is 21.8 Å². The second-order valence-corrected chi connectivity index (χ2v) is 12.0. The predicted octanol–water partition coefficient (Wildman–Crippen LogP) is 4.38. The molecule has 2 heteroatoms. The van der Waals surface area contributed by atoms with Gasteiger partial charge in [-0.25, -0.2) is 0 Å². The largest absolute Gasteiger partial charge is 0.298 e. The molecule has 0 N–H and O–H groups in total. The van der Waals surface area contributed by atoms with E-state index in [1.54, 1.807) is 0 Å². The highest BCUT2D eigenvalue weighted by molar-refractivity contribution is 6.95. The highest BCUT2D eigenvalue weighted by Crippen LogP contribution is 2.41. The minimum Gasteiger partial charge on any atom is -0.298 e. The third-order valence-electron chi connectivity index (χ3n) is 4.42. The van der Waals surface area contributed by atoms with E-state index in [4.69, 9.17) is 0 Å². The zero-order valence-corrected chi connectivity index (χ0v) is 13.5. The van der Waals surface area contributed by atoms with Gasteiger partial charge in [0.15, 0.2) is 0 Å². The average molecular weight is 262 g/mol. The first-order valence-electron chi connectivity index (χ1n) is 6.93. The lowest BCUT2D eigenvalue weighted by Crippen LogP contribution is -2.56. The zero-order chi connectivity index (χ0) is 13.9. The standard InChI is InChI=1S/C16H26OSi/c1-12(2)18(13(3)4,14(5)6)16-10-8-7-9-15(16)11-17/h7-14H,1-6H3. The van der Waals surface area contributed by atoms with Crippen LogP contribution in [0.25, 0.3) is 0 Å². The van der Waals surface area contributed by atoms with Crippen LogP contribution in [0.4, 0.5) is 0 Å². The highest BCUT2D eigenvalue weighted by atomic mass is 28.3. The molecule has 0 spiro atoms. The van der Waals surface area contributed by atoms with Crippen molar-refractivity contribution < 1.29 is 4.79 Å². The first-order valence-corrected chi connectivity index (χ1v) is 9.16. The van der Waals surface area contributed by atoms with Gasteiger partial charge in [0.1, 0.15) is 6.29 Å². The maximum Gasteiger partial charge on any atom is 0.149 e. The molecular weight excluding hydrogens is 236 g/mol. The molecule has 0 aliphatic rings. The van der Waals surface area contributed by atoms with E-state index in [-0.39, 0.29) is 0 Å². The van der Waals surface area contributed by atoms with Crippen LogP contribution in [0.5, 0.6) is 0 Å². The third kappa shape index (κ3) is 2.31. The van der Waals surface area contributed by atoms with Crippen molar-refractivity contribution in [1.29, 1.82) is 0 Å². The van der Waals surface area contributed by atoms with Crippen LogP contribution in [0, 0.1) is 0 Å². The molecule has 0 aromatic heterocycles. The molecular formula is C16H26OSi. The van der Waals surface area contributed by atoms with E-state index >= 15 is 0 Å². The lowest BCUT2D eigenvalue weighted by atomic mass is 10.2. The Kier molecular flexibility index (Phi) is 4.91. The van der Waals surface area contributed by atoms with E-state index in [0.29, 0.717) is 16.6 Å². The summed E-state index contributed by atoms with van der Waals surface area (Å²) in [5.41, 5.74) is 2.82. The third-order valence-corrected chi connectivity index (χ3v) is 11.5. The maximum atomic E-state index is 11.4. The van der Waals surface area contributed by atoms with E-state index in [9.17, 15) is 4.79 Å². The average Bonchev–Trinajstić information content (AvgIpc) is 2.29. The van der Waals surface area contributed by atoms with Gasteiger partial charge in [0, 0.05) is 5.56 Å². The van der Waals surface area contributed by atoms with Gasteiger partial charge in [-0.3, -0.25) is 4.79 Å². The quantitative estimate of drug-likeness (QED) is 0.568. The van der Waals surface area contributed by atoms with E-state index in [2.05, 4.69) is 53.7 Å². The SMILES string of the molecule is CC(C)[Si](c1ccccc1C=O)(C(C)C)C(C)C. The van der Waals surface area contributed by atoms with Crippen LogP contribution in [0.1, 0.15) is 51.9 Å². The van der Waals surface area contributed by atoms with Crippen molar-refractivity contribution in [2.45, 2.75) is 58.2 Å². The second kappa shape index (κ2) is 5.83. The minimum atomic E-state index is -1.70. The predicted molar refractivity (Wildman–Crippen MR) is 82.5 cm³/mol. The molecule has 100 valence electrons. The van der Waals surface area contributed by atoms with Crippen molar-refractivity contribution >= 4 is 19.5 Å². The number of hydrogen-bond donors (Lipinski definition) is 0. The molecule has 0 radical (unpaired) electrons. The normalized spacial score (nSPS) is 12.5. The Morgan fingerprint density at radius 3 is 1.72 bits per heavy atom. The van der Waals surface area contributed by atoms with Crippen LogP contribution in [-0.4, -0.2) is 14.4 Å². The Morgan fingerprint density at radius 2 is 1.33 bits per heavy atom. The smallest absolute Gasteiger partial charge is 0.149 e. The van der Waals surface area contributed by atoms with Crippen LogP contribution in [0.3, 0.4) is 0 Å². The summed E-state index contributed by atoms with van der Waals surface area (Å²) in [4.78, 5) is 11.4. The van der Waals surface area contributed by atoms with Gasteiger partial charge in [0.2, 0.25) is 0 Å². The summed E-state index contributed by atoms with van der Waals surface area (Å²) in [5.74, 6) is 0. The van der Waals surface area contributed by atoms with E-state index in [1.807, 2.05) is 12.1 Å². The molecule has 1 rings (SSSR count). The Balaban J connectivity index is 3.56. The number of rotatable bonds is 5. The summed E-state index contributed by atoms with van der Waals surface area (Å²) in [6.45, 7) is 14.0. The van der Waals surface area contributed by atoms with Gasteiger partial charge in [-0.1, -0.05) is 65.8 Å². The number of aldehydes is 1. The molecule has 0 bridgehead atoms. The molecule has 0 heterocycles. The summed E-state index contributed by atoms with van der Waals surface area (Å²) in [6.07, 6.45) is 1.03. The van der Waals surface area contributed by atoms with Crippen LogP contribution in [0.2, 0.25) is 16.6 Å². The summed E-state index contributed by atoms with van der Waals surface area (Å²) in [7, 11) is -1.70. The number of carbonyl (C=O) groups excluding carboxylic acids is 1. The van der Waals surface area contributed by atoms with Gasteiger partial charge in [-0.2, -0.15) is 0 Å². The Hall–Kier alpha value is -0.893. The van der Waals surface area contributed by atoms with Crippen molar-refractivity contribution in [2.75, 3.05) is 0 Å². The Labute approximate surface area is 113 Å². The van der Waals surface area contributed by atoms with Crippen molar-refractivity contribution in [1.82, 2.24) is 0 Å². The second-order valence-electron chi connectivity index (χ2n) is 6.10. The maximum absolute atomic E-state index is 11.4. The molecule has 1 nitrogen and oxygen atoms in total. The van der Waals surface area contributed by atoms with Crippen LogP contribution < -0.4 is 5.19 Å². The van der Waals surface area contributed by atoms with Gasteiger partial charge in [0.05, 0.1) is 8.07 Å². The molecule has 0 aliphatic heterocycles. The first kappa shape index (κ1) is 15.2. The minimum absolute atomic E-state index is 0.638. The fourth-order valence-electron chi connectivity index (χ4n) is 3.93. The van der Waals surface area contributed by atoms with Crippen molar-refractivity contribution in [3.63, 3.8) is 0 Å². The van der Waals surface area contributed by atoms with Crippen LogP contribution >= 0.6 is 0 Å². The molecule has 0 amide bonds. The summed E-state index contributed by atoms with van der Waals surface area (Å²) >= 11 is 0. The van der Waals surface area contributed by atoms with Crippen molar-refractivity contribution in [2.24, 2.45) is 0 Å². The van der Waals surface area contributed by atoms with Crippen LogP contribution in [-0.2, 0) is 0 Å². The Bertz CT molecular complexity index is 386. The first-order chi connectivity index (χ1) is 8.38. The molecule has 0 saturated carbocycles. The summed E-state index contributed by atoms with van der Waals surface area (Å²) < 4.78 is 0. The summed E-state index contributed by atoms with van der Waals surface area (Å²) in [6, 6.07) is 8.21. The highest BCUT2D eigenvalue weighted by Gasteiger charge is 2.45. The molecule has 0 unspecified atom stereocenters. The number of benzene rings is 1. The number of carbonyl (C=O) groups is 1. The van der Waals surface area contributed by atoms with Crippen molar-refractivity contribution in [3.05, 3.63) is 29.8 Å². The fourth-order valence-corrected chi connectivity index (χ4v) is 10.8.